The summed E-state index contributed by atoms with van der Waals surface area (Å²) in [5, 5.41) is 0. The first kappa shape index (κ1) is 37.7. The number of fused-ring (bicyclic) bond motifs is 1. The molecule has 0 spiro atoms. The van der Waals surface area contributed by atoms with Crippen LogP contribution in [0.1, 0.15) is 80.5 Å². The average Bonchev–Trinajstić information content (AvgIpc) is 4.10. The van der Waals surface area contributed by atoms with Crippen LogP contribution in [0.2, 0.25) is 0 Å². The highest BCUT2D eigenvalue weighted by Gasteiger charge is 2.49. The summed E-state index contributed by atoms with van der Waals surface area (Å²) < 4.78 is 34.8. The van der Waals surface area contributed by atoms with Gasteiger partial charge in [-0.3, -0.25) is 0 Å². The lowest BCUT2D eigenvalue weighted by Gasteiger charge is -2.46. The van der Waals surface area contributed by atoms with Crippen molar-refractivity contribution in [1.29, 1.82) is 0 Å². The summed E-state index contributed by atoms with van der Waals surface area (Å²) in [6.45, 7) is 2.05. The molecule has 0 bridgehead atoms. The Labute approximate surface area is 337 Å². The Kier molecular flexibility index (Phi) is 12.0. The minimum absolute atomic E-state index is 0.337. The van der Waals surface area contributed by atoms with Crippen LogP contribution < -0.4 is 0 Å². The summed E-state index contributed by atoms with van der Waals surface area (Å²) in [5.74, 6) is 0.620. The van der Waals surface area contributed by atoms with Crippen LogP contribution in [-0.4, -0.2) is 31.0 Å². The third-order valence-electron chi connectivity index (χ3n) is 11.7. The van der Waals surface area contributed by atoms with Gasteiger partial charge < -0.3 is 23.7 Å². The van der Waals surface area contributed by atoms with Gasteiger partial charge in [-0.2, -0.15) is 0 Å². The molecule has 0 amide bonds. The molecule has 1 saturated heterocycles. The zero-order valence-corrected chi connectivity index (χ0v) is 32.6. The highest BCUT2D eigenvalue weighted by atomic mass is 16.6. The van der Waals surface area contributed by atoms with Crippen molar-refractivity contribution in [1.82, 2.24) is 0 Å². The molecule has 57 heavy (non-hydrogen) atoms. The Morgan fingerprint density at radius 3 is 1.56 bits per heavy atom. The van der Waals surface area contributed by atoms with E-state index in [2.05, 4.69) is 109 Å². The van der Waals surface area contributed by atoms with E-state index in [1.165, 1.54) is 53.5 Å². The van der Waals surface area contributed by atoms with Gasteiger partial charge in [0, 0.05) is 0 Å². The van der Waals surface area contributed by atoms with E-state index >= 15 is 0 Å². The first-order chi connectivity index (χ1) is 28.2. The normalized spacial score (nSPS) is 21.4. The molecule has 6 aromatic rings. The van der Waals surface area contributed by atoms with E-state index in [0.29, 0.717) is 39.0 Å². The molecule has 5 heteroatoms. The van der Waals surface area contributed by atoms with Gasteiger partial charge in [0.1, 0.15) is 30.5 Å². The smallest absolute Gasteiger partial charge is 0.117 e. The number of aryl methyl sites for hydroxylation is 2. The van der Waals surface area contributed by atoms with Gasteiger partial charge in [-0.25, -0.2) is 0 Å². The summed E-state index contributed by atoms with van der Waals surface area (Å²) in [4.78, 5) is 0. The van der Waals surface area contributed by atoms with E-state index < -0.39 is 30.5 Å². The number of ether oxygens (including phenoxy) is 5. The Hall–Kier alpha value is -4.88. The molecule has 2 fully saturated rings. The largest absolute Gasteiger partial charge is 0.374 e. The second-order valence-corrected chi connectivity index (χ2v) is 15.9. The molecule has 6 aromatic carbocycles. The SMILES string of the molecule is c1ccc(COC[C@H]2O[C@@H](c3ccc(C4CC4)c(Cc4ccc5c(c4)CC5)c3)[C@H](OCc3ccccc3)[C@@H](OCc3ccccc3)[C@@H]2OCc2ccccc2)cc1. The molecular formula is C52H52O5. The Morgan fingerprint density at radius 2 is 1.02 bits per heavy atom. The van der Waals surface area contributed by atoms with Gasteiger partial charge in [0.15, 0.2) is 0 Å². The molecule has 5 atom stereocenters. The summed E-state index contributed by atoms with van der Waals surface area (Å²) in [7, 11) is 0. The molecule has 0 radical (unpaired) electrons. The molecule has 1 heterocycles. The Bertz CT molecular complexity index is 2170. The highest BCUT2D eigenvalue weighted by Crippen LogP contribution is 2.45. The molecule has 0 unspecified atom stereocenters. The monoisotopic (exact) mass is 756 g/mol. The van der Waals surface area contributed by atoms with E-state index in [0.717, 1.165) is 34.2 Å². The maximum Gasteiger partial charge on any atom is 0.117 e. The first-order valence-electron chi connectivity index (χ1n) is 20.7. The summed E-state index contributed by atoms with van der Waals surface area (Å²) >= 11 is 0. The zero-order valence-electron chi connectivity index (χ0n) is 32.6. The van der Waals surface area contributed by atoms with Crippen molar-refractivity contribution in [2.24, 2.45) is 0 Å². The highest BCUT2D eigenvalue weighted by molar-refractivity contribution is 5.44. The second kappa shape index (κ2) is 18.1. The van der Waals surface area contributed by atoms with Gasteiger partial charge in [0.05, 0.1) is 33.0 Å². The topological polar surface area (TPSA) is 46.2 Å². The minimum atomic E-state index is -0.477. The summed E-state index contributed by atoms with van der Waals surface area (Å²) in [6.07, 6.45) is 3.48. The molecule has 9 rings (SSSR count). The minimum Gasteiger partial charge on any atom is -0.374 e. The lowest BCUT2D eigenvalue weighted by molar-refractivity contribution is -0.275. The van der Waals surface area contributed by atoms with Crippen molar-refractivity contribution < 1.29 is 23.7 Å². The maximum absolute atomic E-state index is 7.31. The Balaban J connectivity index is 1.09. The van der Waals surface area contributed by atoms with Gasteiger partial charge in [-0.15, -0.1) is 0 Å². The van der Waals surface area contributed by atoms with Crippen LogP contribution in [0.15, 0.2) is 158 Å². The van der Waals surface area contributed by atoms with Crippen LogP contribution in [-0.2, 0) is 69.4 Å². The van der Waals surface area contributed by atoms with Crippen molar-refractivity contribution >= 4 is 0 Å². The Morgan fingerprint density at radius 1 is 0.474 bits per heavy atom. The fourth-order valence-corrected chi connectivity index (χ4v) is 8.38. The lowest BCUT2D eigenvalue weighted by Crippen LogP contribution is -2.58. The number of hydrogen-bond donors (Lipinski definition) is 0. The number of rotatable bonds is 17. The third kappa shape index (κ3) is 9.47. The van der Waals surface area contributed by atoms with Crippen molar-refractivity contribution in [2.75, 3.05) is 6.61 Å². The van der Waals surface area contributed by atoms with Gasteiger partial charge in [-0.1, -0.05) is 158 Å². The van der Waals surface area contributed by atoms with Gasteiger partial charge in [0.25, 0.3) is 0 Å². The molecule has 3 aliphatic rings. The average molecular weight is 757 g/mol. The summed E-state index contributed by atoms with van der Waals surface area (Å²) in [6, 6.07) is 55.5. The lowest BCUT2D eigenvalue weighted by atomic mass is 9.84. The van der Waals surface area contributed by atoms with Crippen LogP contribution >= 0.6 is 0 Å². The molecule has 5 nitrogen and oxygen atoms in total. The van der Waals surface area contributed by atoms with E-state index in [-0.39, 0.29) is 0 Å². The maximum atomic E-state index is 7.31. The van der Waals surface area contributed by atoms with Crippen LogP contribution in [0.25, 0.3) is 0 Å². The molecule has 290 valence electrons. The quantitative estimate of drug-likeness (QED) is 0.0927. The molecule has 1 saturated carbocycles. The molecule has 0 N–H and O–H groups in total. The van der Waals surface area contributed by atoms with Crippen molar-refractivity contribution in [3.63, 3.8) is 0 Å². The second-order valence-electron chi connectivity index (χ2n) is 15.9. The van der Waals surface area contributed by atoms with Crippen LogP contribution in [0.4, 0.5) is 0 Å². The van der Waals surface area contributed by atoms with E-state index in [4.69, 9.17) is 23.7 Å². The van der Waals surface area contributed by atoms with Crippen molar-refractivity contribution in [3.8, 4) is 0 Å². The fraction of sp³-hybridized carbons (Fsp3) is 0.308. The summed E-state index contributed by atoms with van der Waals surface area (Å²) in [5.41, 5.74) is 12.7. The zero-order chi connectivity index (χ0) is 38.2. The first-order valence-corrected chi connectivity index (χ1v) is 20.7. The standard InChI is InChI=1S/C52H52O5/c1-5-13-37(14-6-1)32-53-36-48-50(54-33-38-15-7-2-8-16-38)52(56-35-40-19-11-4-12-20-40)51(55-34-39-17-9-3-10-18-39)49(57-48)45-27-28-47(43-24-25-43)46(31-45)30-41-21-22-42-23-26-44(42)29-41/h1-22,27-29,31,43,48-52H,23-26,30,32-36H2/t48-,49+,50-,51+,52+/m1/s1. The van der Waals surface area contributed by atoms with Crippen molar-refractivity contribution in [2.45, 2.75) is 95.0 Å². The molecule has 2 aliphatic carbocycles. The fourth-order valence-electron chi connectivity index (χ4n) is 8.38. The number of hydrogen-bond acceptors (Lipinski definition) is 5. The van der Waals surface area contributed by atoms with Crippen LogP contribution in [0, 0.1) is 0 Å². The molecular weight excluding hydrogens is 705 g/mol. The molecule has 0 aromatic heterocycles. The predicted octanol–water partition coefficient (Wildman–Crippen LogP) is 10.7. The van der Waals surface area contributed by atoms with E-state index in [1.54, 1.807) is 0 Å². The van der Waals surface area contributed by atoms with Crippen LogP contribution in [0.3, 0.4) is 0 Å². The van der Waals surface area contributed by atoms with Crippen LogP contribution in [0.5, 0.6) is 0 Å². The van der Waals surface area contributed by atoms with Gasteiger partial charge >= 0.3 is 0 Å². The van der Waals surface area contributed by atoms with Gasteiger partial charge in [-0.05, 0) is 93.7 Å². The third-order valence-corrected chi connectivity index (χ3v) is 11.7. The van der Waals surface area contributed by atoms with E-state index in [1.807, 2.05) is 48.5 Å². The predicted molar refractivity (Wildman–Crippen MR) is 224 cm³/mol. The van der Waals surface area contributed by atoms with E-state index in [9.17, 15) is 0 Å². The van der Waals surface area contributed by atoms with Crippen molar-refractivity contribution in [3.05, 3.63) is 213 Å². The van der Waals surface area contributed by atoms with Gasteiger partial charge in [0.2, 0.25) is 0 Å². The molecule has 1 aliphatic heterocycles. The number of benzene rings is 6.